The van der Waals surface area contributed by atoms with E-state index >= 15 is 0 Å². The monoisotopic (exact) mass is 572 g/mol. The molecule has 3 amide bonds. The van der Waals surface area contributed by atoms with Crippen LogP contribution in [-0.4, -0.2) is 64.1 Å². The minimum absolute atomic E-state index is 0.0436. The lowest BCUT2D eigenvalue weighted by Crippen LogP contribution is -2.58. The number of thiazole rings is 1. The average Bonchev–Trinajstić information content (AvgIpc) is 3.45. The number of benzene rings is 1. The van der Waals surface area contributed by atoms with Crippen LogP contribution < -0.4 is 10.6 Å². The number of hydrogen-bond acceptors (Lipinski definition) is 8. The minimum atomic E-state index is -0.975. The molecule has 3 atom stereocenters. The highest BCUT2D eigenvalue weighted by Gasteiger charge is 2.46. The van der Waals surface area contributed by atoms with Gasteiger partial charge >= 0.3 is 12.1 Å². The van der Waals surface area contributed by atoms with Gasteiger partial charge in [-0.2, -0.15) is 0 Å². The molecule has 0 radical (unpaired) electrons. The molecule has 0 saturated carbocycles. The molecule has 0 bridgehead atoms. The lowest BCUT2D eigenvalue weighted by Gasteiger charge is -2.35. The normalized spacial score (nSPS) is 18.1. The van der Waals surface area contributed by atoms with Gasteiger partial charge in [0.05, 0.1) is 22.6 Å². The van der Waals surface area contributed by atoms with Gasteiger partial charge in [-0.1, -0.05) is 45.0 Å². The number of esters is 1. The molecular weight excluding hydrogens is 532 g/mol. The Hall–Kier alpha value is -3.47. The fourth-order valence-electron chi connectivity index (χ4n) is 4.51. The van der Waals surface area contributed by atoms with E-state index in [-0.39, 0.29) is 25.4 Å². The summed E-state index contributed by atoms with van der Waals surface area (Å²) in [6, 6.07) is 6.00. The molecule has 1 aliphatic rings. The van der Waals surface area contributed by atoms with Gasteiger partial charge in [0.15, 0.2) is 0 Å². The summed E-state index contributed by atoms with van der Waals surface area (Å²) in [4.78, 5) is 58.2. The SMILES string of the molecule is CC(=O)O[C@@H]1C[C@@H](C(=O)NCc2ccc(-c3scnc3C)cc2)N(C(=O)C(NC(=O)OC(C)(C)C)C(C)(C)C)C1. The second-order valence-corrected chi connectivity index (χ2v) is 13.0. The van der Waals surface area contributed by atoms with Crippen molar-refractivity contribution < 1.29 is 28.7 Å². The molecule has 218 valence electrons. The Kier molecular flexibility index (Phi) is 9.60. The van der Waals surface area contributed by atoms with Crippen LogP contribution in [0.15, 0.2) is 29.8 Å². The van der Waals surface area contributed by atoms with Gasteiger partial charge in [-0.15, -0.1) is 11.3 Å². The van der Waals surface area contributed by atoms with Gasteiger partial charge in [-0.05, 0) is 44.2 Å². The third-order valence-corrected chi connectivity index (χ3v) is 7.36. The van der Waals surface area contributed by atoms with E-state index < -0.39 is 47.2 Å². The summed E-state index contributed by atoms with van der Waals surface area (Å²) in [6.45, 7) is 14.2. The molecule has 2 aromatic rings. The van der Waals surface area contributed by atoms with Crippen molar-refractivity contribution >= 4 is 35.2 Å². The van der Waals surface area contributed by atoms with E-state index in [4.69, 9.17) is 9.47 Å². The number of ether oxygens (including phenoxy) is 2. The second-order valence-electron chi connectivity index (χ2n) is 12.1. The third-order valence-electron chi connectivity index (χ3n) is 6.38. The smallest absolute Gasteiger partial charge is 0.408 e. The molecule has 10 nitrogen and oxygen atoms in total. The molecular formula is C29H40N4O6S. The van der Waals surface area contributed by atoms with Crippen molar-refractivity contribution in [1.82, 2.24) is 20.5 Å². The number of likely N-dealkylation sites (tertiary alicyclic amines) is 1. The van der Waals surface area contributed by atoms with Crippen LogP contribution in [0, 0.1) is 12.3 Å². The van der Waals surface area contributed by atoms with Crippen molar-refractivity contribution in [1.29, 1.82) is 0 Å². The zero-order valence-corrected chi connectivity index (χ0v) is 25.3. The first kappa shape index (κ1) is 31.1. The molecule has 0 spiro atoms. The molecule has 1 fully saturated rings. The van der Waals surface area contributed by atoms with Crippen LogP contribution in [0.2, 0.25) is 0 Å². The minimum Gasteiger partial charge on any atom is -0.461 e. The zero-order chi connectivity index (χ0) is 29.8. The fraction of sp³-hybridized carbons (Fsp3) is 0.552. The van der Waals surface area contributed by atoms with Crippen molar-refractivity contribution in [2.24, 2.45) is 5.41 Å². The number of rotatable bonds is 7. The summed E-state index contributed by atoms with van der Waals surface area (Å²) < 4.78 is 10.8. The maximum absolute atomic E-state index is 13.8. The van der Waals surface area contributed by atoms with Crippen LogP contribution in [0.1, 0.15) is 66.1 Å². The Morgan fingerprint density at radius 1 is 1.10 bits per heavy atom. The van der Waals surface area contributed by atoms with Gasteiger partial charge in [0, 0.05) is 19.9 Å². The predicted octanol–water partition coefficient (Wildman–Crippen LogP) is 4.21. The number of nitrogens with one attached hydrogen (secondary N) is 2. The van der Waals surface area contributed by atoms with E-state index in [9.17, 15) is 19.2 Å². The van der Waals surface area contributed by atoms with Crippen LogP contribution >= 0.6 is 11.3 Å². The molecule has 2 N–H and O–H groups in total. The van der Waals surface area contributed by atoms with Crippen molar-refractivity contribution in [3.8, 4) is 10.4 Å². The van der Waals surface area contributed by atoms with Crippen LogP contribution in [0.5, 0.6) is 0 Å². The Balaban J connectivity index is 1.75. The van der Waals surface area contributed by atoms with Gasteiger partial charge in [0.1, 0.15) is 23.8 Å². The zero-order valence-electron chi connectivity index (χ0n) is 24.5. The number of aromatic nitrogens is 1. The average molecular weight is 573 g/mol. The van der Waals surface area contributed by atoms with E-state index in [0.717, 1.165) is 21.7 Å². The highest BCUT2D eigenvalue weighted by Crippen LogP contribution is 2.29. The van der Waals surface area contributed by atoms with Crippen LogP contribution in [0.3, 0.4) is 0 Å². The standard InChI is InChI=1S/C29H40N4O6S/c1-17-23(40-16-31-17)20-11-9-19(10-12-20)14-30-25(35)22-13-21(38-18(2)34)15-33(22)26(36)24(28(3,4)5)32-27(37)39-29(6,7)8/h9-12,16,21-22,24H,13-15H2,1-8H3,(H,30,35)(H,32,37)/t21-,22+,24?/m1/s1. The first-order chi connectivity index (χ1) is 18.5. The van der Waals surface area contributed by atoms with E-state index in [1.165, 1.54) is 11.8 Å². The number of nitrogens with zero attached hydrogens (tertiary/aromatic N) is 2. The number of hydrogen-bond donors (Lipinski definition) is 2. The topological polar surface area (TPSA) is 127 Å². The van der Waals surface area contributed by atoms with E-state index in [1.54, 1.807) is 32.1 Å². The number of alkyl carbamates (subject to hydrolysis) is 1. The molecule has 1 unspecified atom stereocenters. The number of amides is 3. The molecule has 0 aliphatic carbocycles. The summed E-state index contributed by atoms with van der Waals surface area (Å²) in [7, 11) is 0. The quantitative estimate of drug-likeness (QED) is 0.476. The van der Waals surface area contributed by atoms with Crippen molar-refractivity contribution in [2.45, 2.75) is 92.1 Å². The van der Waals surface area contributed by atoms with E-state index in [2.05, 4.69) is 15.6 Å². The van der Waals surface area contributed by atoms with Crippen molar-refractivity contribution in [3.63, 3.8) is 0 Å². The summed E-state index contributed by atoms with van der Waals surface area (Å²) in [5.41, 5.74) is 3.29. The van der Waals surface area contributed by atoms with Crippen molar-refractivity contribution in [2.75, 3.05) is 6.54 Å². The lowest BCUT2D eigenvalue weighted by molar-refractivity contribution is -0.147. The highest BCUT2D eigenvalue weighted by molar-refractivity contribution is 7.13. The second kappa shape index (κ2) is 12.4. The largest absolute Gasteiger partial charge is 0.461 e. The summed E-state index contributed by atoms with van der Waals surface area (Å²) in [6.07, 6.45) is -1.21. The Labute approximate surface area is 239 Å². The first-order valence-electron chi connectivity index (χ1n) is 13.3. The molecule has 1 saturated heterocycles. The van der Waals surface area contributed by atoms with Gasteiger partial charge in [-0.3, -0.25) is 14.4 Å². The number of aryl methyl sites for hydroxylation is 1. The van der Waals surface area contributed by atoms with Gasteiger partial charge < -0.3 is 25.0 Å². The Morgan fingerprint density at radius 2 is 1.75 bits per heavy atom. The molecule has 40 heavy (non-hydrogen) atoms. The molecule has 1 aliphatic heterocycles. The van der Waals surface area contributed by atoms with E-state index in [1.807, 2.05) is 57.5 Å². The molecule has 1 aromatic carbocycles. The predicted molar refractivity (Wildman–Crippen MR) is 152 cm³/mol. The maximum Gasteiger partial charge on any atom is 0.408 e. The lowest BCUT2D eigenvalue weighted by atomic mass is 9.85. The van der Waals surface area contributed by atoms with Gasteiger partial charge in [0.25, 0.3) is 0 Å². The number of carbonyl (C=O) groups is 4. The van der Waals surface area contributed by atoms with Gasteiger partial charge in [0.2, 0.25) is 11.8 Å². The number of carbonyl (C=O) groups excluding carboxylic acids is 4. The third kappa shape index (κ3) is 8.27. The summed E-state index contributed by atoms with van der Waals surface area (Å²) >= 11 is 1.57. The van der Waals surface area contributed by atoms with Crippen LogP contribution in [-0.2, 0) is 30.4 Å². The van der Waals surface area contributed by atoms with E-state index in [0.29, 0.717) is 0 Å². The maximum atomic E-state index is 13.8. The van der Waals surface area contributed by atoms with Crippen molar-refractivity contribution in [3.05, 3.63) is 41.0 Å². The Bertz CT molecular complexity index is 1230. The van der Waals surface area contributed by atoms with Crippen LogP contribution in [0.4, 0.5) is 4.79 Å². The van der Waals surface area contributed by atoms with Gasteiger partial charge in [-0.25, -0.2) is 9.78 Å². The molecule has 1 aromatic heterocycles. The first-order valence-corrected chi connectivity index (χ1v) is 14.2. The fourth-order valence-corrected chi connectivity index (χ4v) is 5.32. The molecule has 11 heteroatoms. The molecule has 3 rings (SSSR count). The summed E-state index contributed by atoms with van der Waals surface area (Å²) in [5, 5.41) is 5.61. The summed E-state index contributed by atoms with van der Waals surface area (Å²) in [5.74, 6) is -1.30. The Morgan fingerprint density at radius 3 is 2.27 bits per heavy atom. The van der Waals surface area contributed by atoms with Crippen LogP contribution in [0.25, 0.3) is 10.4 Å². The molecule has 2 heterocycles. The highest BCUT2D eigenvalue weighted by atomic mass is 32.1.